The molecule has 0 saturated carbocycles. The first-order chi connectivity index (χ1) is 13.0. The Labute approximate surface area is 162 Å². The Morgan fingerprint density at radius 2 is 2.07 bits per heavy atom. The van der Waals surface area contributed by atoms with Gasteiger partial charge in [-0.15, -0.1) is 11.7 Å². The number of hydrogen-bond acceptors (Lipinski definition) is 4. The topological polar surface area (TPSA) is 53.5 Å². The van der Waals surface area contributed by atoms with E-state index < -0.39 is 0 Å². The van der Waals surface area contributed by atoms with Gasteiger partial charge in [0.25, 0.3) is 0 Å². The summed E-state index contributed by atoms with van der Waals surface area (Å²) in [6, 6.07) is 6.23. The number of methoxy groups -OCH3 is 1. The van der Waals surface area contributed by atoms with Gasteiger partial charge in [-0.1, -0.05) is 6.08 Å². The van der Waals surface area contributed by atoms with E-state index in [1.54, 1.807) is 18.2 Å². The lowest BCUT2D eigenvalue weighted by atomic mass is 9.97. The SMILES string of the molecule is C=CCn1c(-c2ccc(F)cc2)nn(C[NH+]2CCC(C(=O)OC)CC2)c1=S. The molecule has 3 rings (SSSR count). The van der Waals surface area contributed by atoms with Crippen molar-refractivity contribution in [3.05, 3.63) is 47.5 Å². The second-order valence-electron chi connectivity index (χ2n) is 6.72. The first-order valence-electron chi connectivity index (χ1n) is 8.99. The molecule has 144 valence electrons. The molecule has 0 radical (unpaired) electrons. The number of esters is 1. The summed E-state index contributed by atoms with van der Waals surface area (Å²) in [5.74, 6) is 0.271. The van der Waals surface area contributed by atoms with Gasteiger partial charge in [0.1, 0.15) is 5.82 Å². The fourth-order valence-electron chi connectivity index (χ4n) is 3.45. The third-order valence-corrected chi connectivity index (χ3v) is 5.37. The van der Waals surface area contributed by atoms with Crippen molar-refractivity contribution >= 4 is 18.2 Å². The molecule has 0 amide bonds. The lowest BCUT2D eigenvalue weighted by Crippen LogP contribution is -3.12. The van der Waals surface area contributed by atoms with E-state index in [2.05, 4.69) is 11.7 Å². The predicted molar refractivity (Wildman–Crippen MR) is 102 cm³/mol. The molecule has 8 heteroatoms. The van der Waals surface area contributed by atoms with Crippen LogP contribution in [0.5, 0.6) is 0 Å². The quantitative estimate of drug-likeness (QED) is 0.464. The van der Waals surface area contributed by atoms with Crippen LogP contribution in [0.1, 0.15) is 12.8 Å². The molecule has 2 heterocycles. The molecule has 1 aliphatic rings. The van der Waals surface area contributed by atoms with Crippen molar-refractivity contribution in [1.29, 1.82) is 0 Å². The number of quaternary nitrogens is 1. The van der Waals surface area contributed by atoms with Crippen molar-refractivity contribution in [2.24, 2.45) is 5.92 Å². The Hall–Kier alpha value is -2.32. The molecule has 0 unspecified atom stereocenters. The summed E-state index contributed by atoms with van der Waals surface area (Å²) in [5.41, 5.74) is 0.808. The first kappa shape index (κ1) is 19.4. The fraction of sp³-hybridized carbons (Fsp3) is 0.421. The summed E-state index contributed by atoms with van der Waals surface area (Å²) in [7, 11) is 1.43. The summed E-state index contributed by atoms with van der Waals surface area (Å²) < 4.78 is 22.4. The number of aromatic nitrogens is 3. The molecule has 1 aromatic heterocycles. The van der Waals surface area contributed by atoms with Crippen LogP contribution in [0.4, 0.5) is 4.39 Å². The number of ether oxygens (including phenoxy) is 1. The predicted octanol–water partition coefficient (Wildman–Crippen LogP) is 1.83. The molecule has 0 spiro atoms. The first-order valence-corrected chi connectivity index (χ1v) is 9.40. The number of allylic oxidation sites excluding steroid dienone is 1. The summed E-state index contributed by atoms with van der Waals surface area (Å²) in [4.78, 5) is 13.0. The highest BCUT2D eigenvalue weighted by Gasteiger charge is 2.28. The lowest BCUT2D eigenvalue weighted by Gasteiger charge is -2.27. The van der Waals surface area contributed by atoms with Crippen LogP contribution in [-0.4, -0.2) is 40.5 Å². The van der Waals surface area contributed by atoms with Crippen LogP contribution >= 0.6 is 12.2 Å². The standard InChI is InChI=1S/C19H23FN4O2S/c1-3-10-23-17(14-4-6-16(20)7-5-14)21-24(19(23)27)13-22-11-8-15(9-12-22)18(25)26-2/h3-7,15H,1,8-13H2,2H3/p+1. The molecule has 1 saturated heterocycles. The Morgan fingerprint density at radius 3 is 2.67 bits per heavy atom. The summed E-state index contributed by atoms with van der Waals surface area (Å²) in [6.07, 6.45) is 3.37. The highest BCUT2D eigenvalue weighted by molar-refractivity contribution is 7.71. The van der Waals surface area contributed by atoms with Crippen LogP contribution in [-0.2, 0) is 22.7 Å². The van der Waals surface area contributed by atoms with E-state index in [-0.39, 0.29) is 17.7 Å². The largest absolute Gasteiger partial charge is 0.469 e. The molecule has 27 heavy (non-hydrogen) atoms. The van der Waals surface area contributed by atoms with E-state index in [4.69, 9.17) is 17.0 Å². The zero-order chi connectivity index (χ0) is 19.4. The van der Waals surface area contributed by atoms with Crippen molar-refractivity contribution in [2.75, 3.05) is 20.2 Å². The van der Waals surface area contributed by atoms with Crippen molar-refractivity contribution in [3.8, 4) is 11.4 Å². The van der Waals surface area contributed by atoms with Crippen molar-refractivity contribution in [2.45, 2.75) is 26.1 Å². The Morgan fingerprint density at radius 1 is 1.41 bits per heavy atom. The molecule has 1 N–H and O–H groups in total. The highest BCUT2D eigenvalue weighted by atomic mass is 32.1. The van der Waals surface area contributed by atoms with E-state index >= 15 is 0 Å². The second-order valence-corrected chi connectivity index (χ2v) is 7.08. The van der Waals surface area contributed by atoms with Crippen LogP contribution in [0.2, 0.25) is 0 Å². The number of nitrogens with zero attached hydrogens (tertiary/aromatic N) is 3. The van der Waals surface area contributed by atoms with Gasteiger partial charge in [-0.05, 0) is 36.5 Å². The average Bonchev–Trinajstić information content (AvgIpc) is 2.98. The number of carbonyl (C=O) groups is 1. The molecule has 2 aromatic rings. The van der Waals surface area contributed by atoms with Crippen molar-refractivity contribution in [1.82, 2.24) is 14.3 Å². The summed E-state index contributed by atoms with van der Waals surface area (Å²) in [6.45, 7) is 6.68. The normalized spacial score (nSPS) is 19.6. The van der Waals surface area contributed by atoms with Crippen LogP contribution in [0.3, 0.4) is 0 Å². The maximum atomic E-state index is 13.3. The van der Waals surface area contributed by atoms with Gasteiger partial charge in [0, 0.05) is 24.9 Å². The number of benzene rings is 1. The molecular formula is C19H24FN4O2S+. The van der Waals surface area contributed by atoms with Gasteiger partial charge < -0.3 is 9.64 Å². The molecule has 0 aliphatic carbocycles. The molecular weight excluding hydrogens is 367 g/mol. The van der Waals surface area contributed by atoms with Crippen LogP contribution in [0.15, 0.2) is 36.9 Å². The van der Waals surface area contributed by atoms with E-state index in [1.165, 1.54) is 24.1 Å². The van der Waals surface area contributed by atoms with Gasteiger partial charge in [-0.2, -0.15) is 4.68 Å². The minimum absolute atomic E-state index is 0.0141. The average molecular weight is 391 g/mol. The maximum Gasteiger partial charge on any atom is 0.309 e. The van der Waals surface area contributed by atoms with E-state index in [9.17, 15) is 9.18 Å². The van der Waals surface area contributed by atoms with Crippen molar-refractivity contribution < 1.29 is 18.8 Å². The number of hydrogen-bond donors (Lipinski definition) is 1. The van der Waals surface area contributed by atoms with Gasteiger partial charge >= 0.3 is 5.97 Å². The van der Waals surface area contributed by atoms with Crippen LogP contribution in [0, 0.1) is 16.5 Å². The molecule has 0 bridgehead atoms. The second kappa shape index (κ2) is 8.58. The van der Waals surface area contributed by atoms with Crippen LogP contribution < -0.4 is 4.90 Å². The highest BCUT2D eigenvalue weighted by Crippen LogP contribution is 2.19. The van der Waals surface area contributed by atoms with E-state index in [1.807, 2.05) is 9.25 Å². The number of nitrogens with one attached hydrogen (secondary N) is 1. The van der Waals surface area contributed by atoms with Gasteiger partial charge in [-0.25, -0.2) is 4.39 Å². The summed E-state index contributed by atoms with van der Waals surface area (Å²) in [5, 5.41) is 4.69. The molecule has 1 aliphatic heterocycles. The Bertz CT molecular complexity index is 867. The van der Waals surface area contributed by atoms with E-state index in [0.717, 1.165) is 31.5 Å². The Kier molecular flexibility index (Phi) is 6.18. The maximum absolute atomic E-state index is 13.3. The fourth-order valence-corrected chi connectivity index (χ4v) is 3.71. The minimum atomic E-state index is -0.287. The summed E-state index contributed by atoms with van der Waals surface area (Å²) >= 11 is 5.61. The number of rotatable bonds is 6. The van der Waals surface area contributed by atoms with E-state index in [0.29, 0.717) is 23.8 Å². The minimum Gasteiger partial charge on any atom is -0.469 e. The molecule has 0 atom stereocenters. The molecule has 1 fully saturated rings. The number of carbonyl (C=O) groups excluding carboxylic acids is 1. The third-order valence-electron chi connectivity index (χ3n) is 4.94. The molecule has 1 aromatic carbocycles. The zero-order valence-corrected chi connectivity index (χ0v) is 16.2. The van der Waals surface area contributed by atoms with Gasteiger partial charge in [0.15, 0.2) is 12.5 Å². The molecule has 6 nitrogen and oxygen atoms in total. The monoisotopic (exact) mass is 391 g/mol. The zero-order valence-electron chi connectivity index (χ0n) is 15.4. The van der Waals surface area contributed by atoms with Crippen LogP contribution in [0.25, 0.3) is 11.4 Å². The number of piperidine rings is 1. The van der Waals surface area contributed by atoms with Crippen molar-refractivity contribution in [3.63, 3.8) is 0 Å². The van der Waals surface area contributed by atoms with Gasteiger partial charge in [-0.3, -0.25) is 9.36 Å². The number of likely N-dealkylation sites (tertiary alicyclic amines) is 1. The lowest BCUT2D eigenvalue weighted by molar-refractivity contribution is -0.929. The van der Waals surface area contributed by atoms with Gasteiger partial charge in [0.05, 0.1) is 26.1 Å². The smallest absolute Gasteiger partial charge is 0.309 e. The Balaban J connectivity index is 1.79. The third kappa shape index (κ3) is 4.33. The van der Waals surface area contributed by atoms with Gasteiger partial charge in [0.2, 0.25) is 4.77 Å². The number of halogens is 1.